The number of hydrogen-bond donors (Lipinski definition) is 0. The van der Waals surface area contributed by atoms with E-state index >= 15 is 0 Å². The van der Waals surface area contributed by atoms with Crippen LogP contribution < -0.4 is 9.64 Å². The molecule has 0 unspecified atom stereocenters. The summed E-state index contributed by atoms with van der Waals surface area (Å²) in [6.45, 7) is 3.35. The highest BCUT2D eigenvalue weighted by atomic mass is 32.1. The van der Waals surface area contributed by atoms with Crippen molar-refractivity contribution in [3.63, 3.8) is 0 Å². The minimum Gasteiger partial charge on any atom is -0.482 e. The molecule has 0 bridgehead atoms. The van der Waals surface area contributed by atoms with E-state index in [-0.39, 0.29) is 19.0 Å². The van der Waals surface area contributed by atoms with Gasteiger partial charge in [0.15, 0.2) is 11.6 Å². The second-order valence-electron chi connectivity index (χ2n) is 9.05. The molecule has 2 aliphatic heterocycles. The van der Waals surface area contributed by atoms with Crippen molar-refractivity contribution in [1.82, 2.24) is 30.4 Å². The van der Waals surface area contributed by atoms with Gasteiger partial charge in [-0.2, -0.15) is 4.80 Å². The van der Waals surface area contributed by atoms with Crippen LogP contribution in [0.25, 0.3) is 16.4 Å². The lowest BCUT2D eigenvalue weighted by Gasteiger charge is -2.43. The zero-order chi connectivity index (χ0) is 26.1. The van der Waals surface area contributed by atoms with Crippen LogP contribution in [0.15, 0.2) is 54.6 Å². The molecule has 194 valence electrons. The lowest BCUT2D eigenvalue weighted by molar-refractivity contribution is -0.144. The molecule has 10 nitrogen and oxygen atoms in total. The van der Waals surface area contributed by atoms with Crippen LogP contribution in [0.5, 0.6) is 5.75 Å². The molecule has 12 heteroatoms. The van der Waals surface area contributed by atoms with Gasteiger partial charge >= 0.3 is 5.97 Å². The van der Waals surface area contributed by atoms with Crippen molar-refractivity contribution < 1.29 is 18.7 Å². The molecule has 1 spiro atoms. The Morgan fingerprint density at radius 3 is 2.68 bits per heavy atom. The van der Waals surface area contributed by atoms with Crippen LogP contribution in [0, 0.1) is 5.82 Å². The van der Waals surface area contributed by atoms with Gasteiger partial charge in [-0.05, 0) is 47.5 Å². The van der Waals surface area contributed by atoms with Gasteiger partial charge in [-0.15, -0.1) is 20.4 Å². The molecule has 0 N–H and O–H groups in total. The van der Waals surface area contributed by atoms with Gasteiger partial charge in [0.2, 0.25) is 11.0 Å². The van der Waals surface area contributed by atoms with E-state index in [2.05, 4.69) is 36.6 Å². The Kier molecular flexibility index (Phi) is 6.32. The van der Waals surface area contributed by atoms with Crippen molar-refractivity contribution in [3.8, 4) is 16.6 Å². The Morgan fingerprint density at radius 1 is 1.11 bits per heavy atom. The van der Waals surface area contributed by atoms with E-state index in [1.165, 1.54) is 28.3 Å². The van der Waals surface area contributed by atoms with Crippen LogP contribution in [0.4, 0.5) is 9.52 Å². The SMILES string of the molecule is CCOC(=O)Cn1nnc(-c2nnc(N3CCC4(C=C(c5ccc(F)cc5)c5ccccc5O4)CC3)s2)n1. The van der Waals surface area contributed by atoms with E-state index in [1.807, 2.05) is 36.4 Å². The minimum atomic E-state index is -0.473. The van der Waals surface area contributed by atoms with Gasteiger partial charge in [0.1, 0.15) is 17.2 Å². The van der Waals surface area contributed by atoms with Gasteiger partial charge in [0.25, 0.3) is 0 Å². The number of aromatic nitrogens is 6. The van der Waals surface area contributed by atoms with Crippen molar-refractivity contribution in [2.45, 2.75) is 31.9 Å². The largest absolute Gasteiger partial charge is 0.482 e. The predicted molar refractivity (Wildman–Crippen MR) is 138 cm³/mol. The topological polar surface area (TPSA) is 108 Å². The van der Waals surface area contributed by atoms with Gasteiger partial charge < -0.3 is 14.4 Å². The molecule has 38 heavy (non-hydrogen) atoms. The first kappa shape index (κ1) is 24.2. The lowest BCUT2D eigenvalue weighted by Crippen LogP contribution is -2.48. The standard InChI is InChI=1S/C26H24FN7O3S/c1-2-36-22(35)16-34-31-23(28-32-34)24-29-30-25(38-24)33-13-11-26(12-14-33)15-20(17-7-9-18(27)10-8-17)19-5-3-4-6-21(19)37-26/h3-10,15H,2,11-14,16H2,1H3. The quantitative estimate of drug-likeness (QED) is 0.342. The van der Waals surface area contributed by atoms with Crippen LogP contribution in [0.1, 0.15) is 30.9 Å². The predicted octanol–water partition coefficient (Wildman–Crippen LogP) is 3.76. The lowest BCUT2D eigenvalue weighted by atomic mass is 9.83. The monoisotopic (exact) mass is 533 g/mol. The fourth-order valence-corrected chi connectivity index (χ4v) is 5.53. The molecule has 4 aromatic rings. The highest BCUT2D eigenvalue weighted by Crippen LogP contribution is 2.44. The number of ether oxygens (including phenoxy) is 2. The number of nitrogens with zero attached hydrogens (tertiary/aromatic N) is 7. The molecule has 0 amide bonds. The minimum absolute atomic E-state index is 0.114. The summed E-state index contributed by atoms with van der Waals surface area (Å²) in [5.41, 5.74) is 2.54. The Labute approximate surface area is 221 Å². The molecule has 0 aliphatic carbocycles. The maximum atomic E-state index is 13.6. The molecular weight excluding hydrogens is 509 g/mol. The number of carbonyl (C=O) groups is 1. The molecule has 2 aromatic heterocycles. The number of rotatable bonds is 6. The number of carbonyl (C=O) groups excluding carboxylic acids is 1. The Bertz CT molecular complexity index is 1490. The Morgan fingerprint density at radius 2 is 1.89 bits per heavy atom. The molecule has 2 aromatic carbocycles. The molecule has 0 radical (unpaired) electrons. The van der Waals surface area contributed by atoms with Gasteiger partial charge in [0, 0.05) is 31.5 Å². The zero-order valence-electron chi connectivity index (χ0n) is 20.6. The summed E-state index contributed by atoms with van der Waals surface area (Å²) in [5, 5.41) is 22.0. The second kappa shape index (κ2) is 9.93. The summed E-state index contributed by atoms with van der Waals surface area (Å²) < 4.78 is 25.1. The average molecular weight is 534 g/mol. The molecule has 0 atom stereocenters. The third kappa shape index (κ3) is 4.74. The summed E-state index contributed by atoms with van der Waals surface area (Å²) in [6.07, 6.45) is 3.68. The Balaban J connectivity index is 1.18. The van der Waals surface area contributed by atoms with Crippen molar-refractivity contribution >= 4 is 28.0 Å². The van der Waals surface area contributed by atoms with E-state index in [9.17, 15) is 9.18 Å². The van der Waals surface area contributed by atoms with E-state index < -0.39 is 11.6 Å². The first-order valence-electron chi connectivity index (χ1n) is 12.3. The van der Waals surface area contributed by atoms with Crippen LogP contribution in [-0.2, 0) is 16.1 Å². The van der Waals surface area contributed by atoms with Crippen LogP contribution in [0.2, 0.25) is 0 Å². The van der Waals surface area contributed by atoms with Crippen LogP contribution >= 0.6 is 11.3 Å². The molecular formula is C26H24FN7O3S. The summed E-state index contributed by atoms with van der Waals surface area (Å²) >= 11 is 1.37. The fraction of sp³-hybridized carbons (Fsp3) is 0.308. The van der Waals surface area contributed by atoms with Crippen LogP contribution in [-0.4, -0.2) is 61.7 Å². The van der Waals surface area contributed by atoms with Crippen molar-refractivity contribution in [2.24, 2.45) is 0 Å². The zero-order valence-corrected chi connectivity index (χ0v) is 21.4. The van der Waals surface area contributed by atoms with Gasteiger partial charge in [0.05, 0.1) is 6.61 Å². The molecule has 1 saturated heterocycles. The number of benzene rings is 2. The number of halogens is 1. The molecule has 4 heterocycles. The molecule has 0 saturated carbocycles. The third-order valence-corrected chi connectivity index (χ3v) is 7.55. The maximum Gasteiger partial charge on any atom is 0.329 e. The molecule has 6 rings (SSSR count). The average Bonchev–Trinajstić information content (AvgIpc) is 3.59. The number of piperidine rings is 1. The first-order valence-corrected chi connectivity index (χ1v) is 13.1. The van der Waals surface area contributed by atoms with Gasteiger partial charge in [-0.25, -0.2) is 9.18 Å². The number of fused-ring (bicyclic) bond motifs is 1. The van der Waals surface area contributed by atoms with Gasteiger partial charge in [-0.1, -0.05) is 41.7 Å². The van der Waals surface area contributed by atoms with Crippen LogP contribution in [0.3, 0.4) is 0 Å². The van der Waals surface area contributed by atoms with E-state index in [4.69, 9.17) is 9.47 Å². The van der Waals surface area contributed by atoms with E-state index in [0.717, 1.165) is 40.4 Å². The first-order chi connectivity index (χ1) is 18.5. The highest BCUT2D eigenvalue weighted by Gasteiger charge is 2.39. The number of tetrazole rings is 1. The summed E-state index contributed by atoms with van der Waals surface area (Å²) in [6, 6.07) is 14.6. The van der Waals surface area contributed by atoms with Crippen molar-refractivity contribution in [2.75, 3.05) is 24.6 Å². The fourth-order valence-electron chi connectivity index (χ4n) is 4.71. The summed E-state index contributed by atoms with van der Waals surface area (Å²) in [4.78, 5) is 15.0. The van der Waals surface area contributed by atoms with Gasteiger partial charge in [-0.3, -0.25) is 0 Å². The summed E-state index contributed by atoms with van der Waals surface area (Å²) in [5.74, 6) is 0.454. The Hall–Kier alpha value is -4.19. The van der Waals surface area contributed by atoms with E-state index in [0.29, 0.717) is 23.9 Å². The smallest absolute Gasteiger partial charge is 0.329 e. The number of esters is 1. The van der Waals surface area contributed by atoms with E-state index in [1.54, 1.807) is 6.92 Å². The van der Waals surface area contributed by atoms with Crippen molar-refractivity contribution in [3.05, 3.63) is 71.6 Å². The third-order valence-electron chi connectivity index (χ3n) is 6.57. The van der Waals surface area contributed by atoms with Crippen molar-refractivity contribution in [1.29, 1.82) is 0 Å². The second-order valence-corrected chi connectivity index (χ2v) is 10.0. The highest BCUT2D eigenvalue weighted by molar-refractivity contribution is 7.18. The normalized spacial score (nSPS) is 16.1. The number of anilines is 1. The maximum absolute atomic E-state index is 13.6. The molecule has 1 fully saturated rings. The molecule has 2 aliphatic rings. The number of para-hydroxylation sites is 1. The summed E-state index contributed by atoms with van der Waals surface area (Å²) in [7, 11) is 0. The number of hydrogen-bond acceptors (Lipinski definition) is 10.